The Bertz CT molecular complexity index is 855. The fourth-order valence-corrected chi connectivity index (χ4v) is 4.83. The Morgan fingerprint density at radius 2 is 1.90 bits per heavy atom. The van der Waals surface area contributed by atoms with E-state index in [2.05, 4.69) is 22.2 Å². The van der Waals surface area contributed by atoms with E-state index in [9.17, 15) is 4.79 Å². The molecule has 6 heteroatoms. The molecule has 1 unspecified atom stereocenters. The number of aromatic nitrogens is 2. The number of hydrogen-bond donors (Lipinski definition) is 1. The van der Waals surface area contributed by atoms with Crippen LogP contribution in [0.4, 0.5) is 0 Å². The molecule has 0 radical (unpaired) electrons. The van der Waals surface area contributed by atoms with Crippen LogP contribution >= 0.6 is 0 Å². The minimum Gasteiger partial charge on any atom is -0.494 e. The van der Waals surface area contributed by atoms with Crippen molar-refractivity contribution in [2.75, 3.05) is 19.7 Å². The molecule has 168 valence electrons. The second kappa shape index (κ2) is 10.3. The van der Waals surface area contributed by atoms with E-state index in [4.69, 9.17) is 4.74 Å². The summed E-state index contributed by atoms with van der Waals surface area (Å²) in [6, 6.07) is 10.7. The highest BCUT2D eigenvalue weighted by Gasteiger charge is 2.21. The summed E-state index contributed by atoms with van der Waals surface area (Å²) in [6.45, 7) is 7.28. The number of carbonyl (C=O) groups excluding carboxylic acids is 1. The Morgan fingerprint density at radius 1 is 1.13 bits per heavy atom. The second-order valence-electron chi connectivity index (χ2n) is 9.11. The maximum atomic E-state index is 12.9. The van der Waals surface area contributed by atoms with Crippen molar-refractivity contribution in [3.8, 4) is 11.4 Å². The van der Waals surface area contributed by atoms with E-state index in [1.165, 1.54) is 38.6 Å². The summed E-state index contributed by atoms with van der Waals surface area (Å²) in [5, 5.41) is 7.76. The molecule has 1 N–H and O–H groups in total. The van der Waals surface area contributed by atoms with Crippen LogP contribution in [0.5, 0.6) is 5.75 Å². The fourth-order valence-electron chi connectivity index (χ4n) is 4.83. The van der Waals surface area contributed by atoms with E-state index in [0.717, 1.165) is 49.5 Å². The zero-order valence-electron chi connectivity index (χ0n) is 19.0. The van der Waals surface area contributed by atoms with Gasteiger partial charge < -0.3 is 15.0 Å². The summed E-state index contributed by atoms with van der Waals surface area (Å²) in [6.07, 6.45) is 9.48. The van der Waals surface area contributed by atoms with Gasteiger partial charge in [-0.3, -0.25) is 4.79 Å². The first kappa shape index (κ1) is 21.9. The summed E-state index contributed by atoms with van der Waals surface area (Å²) in [5.41, 5.74) is 2.31. The van der Waals surface area contributed by atoms with Crippen LogP contribution in [0.15, 0.2) is 30.3 Å². The summed E-state index contributed by atoms with van der Waals surface area (Å²) in [4.78, 5) is 15.4. The first-order valence-corrected chi connectivity index (χ1v) is 11.9. The Hall–Kier alpha value is -2.34. The average Bonchev–Trinajstić information content (AvgIpc) is 3.38. The molecule has 2 aliphatic rings. The van der Waals surface area contributed by atoms with Gasteiger partial charge in [-0.1, -0.05) is 19.3 Å². The van der Waals surface area contributed by atoms with Crippen LogP contribution in [-0.4, -0.2) is 52.4 Å². The molecule has 0 spiro atoms. The van der Waals surface area contributed by atoms with Crippen LogP contribution in [0.1, 0.15) is 74.5 Å². The highest BCUT2D eigenvalue weighted by atomic mass is 16.5. The van der Waals surface area contributed by atoms with E-state index >= 15 is 0 Å². The third kappa shape index (κ3) is 5.67. The van der Waals surface area contributed by atoms with Gasteiger partial charge in [0.15, 0.2) is 0 Å². The monoisotopic (exact) mass is 424 g/mol. The van der Waals surface area contributed by atoms with E-state index in [1.807, 2.05) is 37.3 Å². The van der Waals surface area contributed by atoms with Gasteiger partial charge >= 0.3 is 0 Å². The number of ether oxygens (including phenoxy) is 1. The van der Waals surface area contributed by atoms with Gasteiger partial charge in [0.25, 0.3) is 5.91 Å². The van der Waals surface area contributed by atoms with E-state index in [-0.39, 0.29) is 11.9 Å². The van der Waals surface area contributed by atoms with Gasteiger partial charge in [0.2, 0.25) is 0 Å². The van der Waals surface area contributed by atoms with Crippen molar-refractivity contribution in [3.63, 3.8) is 0 Å². The quantitative estimate of drug-likeness (QED) is 0.634. The fraction of sp³-hybridized carbons (Fsp3) is 0.600. The van der Waals surface area contributed by atoms with Crippen LogP contribution in [0.25, 0.3) is 5.69 Å². The molecule has 0 bridgehead atoms. The minimum atomic E-state index is -0.0380. The predicted octanol–water partition coefficient (Wildman–Crippen LogP) is 4.50. The molecule has 2 aromatic rings. The number of rotatable bonds is 8. The molecule has 2 heterocycles. The van der Waals surface area contributed by atoms with E-state index in [0.29, 0.717) is 11.7 Å². The standard InChI is InChI=1S/C25H36N4O2/c1-19-18-24(25(30)26-21-9-4-3-5-10-21)29(27-19)22-11-13-23(14-12-22)31-17-7-16-28-15-6-8-20(28)2/h11-14,18,20-21H,3-10,15-17H2,1-2H3,(H,26,30). The maximum Gasteiger partial charge on any atom is 0.270 e. The lowest BCUT2D eigenvalue weighted by Gasteiger charge is -2.22. The summed E-state index contributed by atoms with van der Waals surface area (Å²) >= 11 is 0. The van der Waals surface area contributed by atoms with Gasteiger partial charge in [-0.15, -0.1) is 0 Å². The van der Waals surface area contributed by atoms with Crippen molar-refractivity contribution in [2.24, 2.45) is 0 Å². The van der Waals surface area contributed by atoms with Crippen molar-refractivity contribution < 1.29 is 9.53 Å². The molecule has 2 fully saturated rings. The summed E-state index contributed by atoms with van der Waals surface area (Å²) in [5.74, 6) is 0.819. The minimum absolute atomic E-state index is 0.0380. The lowest BCUT2D eigenvalue weighted by molar-refractivity contribution is 0.0920. The zero-order valence-corrected chi connectivity index (χ0v) is 19.0. The van der Waals surface area contributed by atoms with Gasteiger partial charge in [0.05, 0.1) is 18.0 Å². The van der Waals surface area contributed by atoms with Gasteiger partial charge in [-0.05, 0) is 82.8 Å². The zero-order chi connectivity index (χ0) is 21.6. The Labute approximate surface area is 186 Å². The highest BCUT2D eigenvalue weighted by molar-refractivity contribution is 5.93. The van der Waals surface area contributed by atoms with E-state index in [1.54, 1.807) is 4.68 Å². The first-order valence-electron chi connectivity index (χ1n) is 11.9. The van der Waals surface area contributed by atoms with Gasteiger partial charge in [-0.25, -0.2) is 4.68 Å². The normalized spacial score (nSPS) is 20.1. The van der Waals surface area contributed by atoms with Crippen LogP contribution < -0.4 is 10.1 Å². The molecule has 1 aliphatic carbocycles. The van der Waals surface area contributed by atoms with Crippen molar-refractivity contribution in [3.05, 3.63) is 41.7 Å². The molecule has 4 rings (SSSR count). The predicted molar refractivity (Wildman–Crippen MR) is 123 cm³/mol. The number of carbonyl (C=O) groups is 1. The molecule has 1 aliphatic heterocycles. The van der Waals surface area contributed by atoms with Crippen molar-refractivity contribution >= 4 is 5.91 Å². The van der Waals surface area contributed by atoms with E-state index < -0.39 is 0 Å². The SMILES string of the molecule is Cc1cc(C(=O)NC2CCCCC2)n(-c2ccc(OCCCN3CCCC3C)cc2)n1. The molecule has 1 amide bonds. The average molecular weight is 425 g/mol. The lowest BCUT2D eigenvalue weighted by atomic mass is 9.95. The Kier molecular flexibility index (Phi) is 7.28. The lowest BCUT2D eigenvalue weighted by Crippen LogP contribution is -2.37. The first-order chi connectivity index (χ1) is 15.1. The molecule has 1 atom stereocenters. The number of benzene rings is 1. The van der Waals surface area contributed by atoms with Crippen molar-refractivity contribution in [1.29, 1.82) is 0 Å². The molecule has 6 nitrogen and oxygen atoms in total. The topological polar surface area (TPSA) is 59.4 Å². The number of likely N-dealkylation sites (tertiary alicyclic amines) is 1. The smallest absolute Gasteiger partial charge is 0.270 e. The number of amides is 1. The number of hydrogen-bond acceptors (Lipinski definition) is 4. The number of aryl methyl sites for hydroxylation is 1. The van der Waals surface area contributed by atoms with Gasteiger partial charge in [0.1, 0.15) is 11.4 Å². The second-order valence-corrected chi connectivity index (χ2v) is 9.11. The van der Waals surface area contributed by atoms with Crippen LogP contribution in [0.3, 0.4) is 0 Å². The molecular weight excluding hydrogens is 388 g/mol. The number of nitrogens with one attached hydrogen (secondary N) is 1. The number of nitrogens with zero attached hydrogens (tertiary/aromatic N) is 3. The molecule has 1 saturated carbocycles. The van der Waals surface area contributed by atoms with Crippen molar-refractivity contribution in [1.82, 2.24) is 20.0 Å². The third-order valence-electron chi connectivity index (χ3n) is 6.63. The Morgan fingerprint density at radius 3 is 2.61 bits per heavy atom. The van der Waals surface area contributed by atoms with Crippen molar-refractivity contribution in [2.45, 2.75) is 77.3 Å². The van der Waals surface area contributed by atoms with Gasteiger partial charge in [-0.2, -0.15) is 5.10 Å². The Balaban J connectivity index is 1.33. The third-order valence-corrected chi connectivity index (χ3v) is 6.63. The maximum absolute atomic E-state index is 12.9. The van der Waals surface area contributed by atoms with Gasteiger partial charge in [0, 0.05) is 18.6 Å². The molecule has 1 aromatic heterocycles. The molecule has 31 heavy (non-hydrogen) atoms. The van der Waals surface area contributed by atoms with Crippen LogP contribution in [0, 0.1) is 6.92 Å². The summed E-state index contributed by atoms with van der Waals surface area (Å²) < 4.78 is 7.68. The molecule has 1 aromatic carbocycles. The van der Waals surface area contributed by atoms with Crippen LogP contribution in [-0.2, 0) is 0 Å². The van der Waals surface area contributed by atoms with Crippen LogP contribution in [0.2, 0.25) is 0 Å². The summed E-state index contributed by atoms with van der Waals surface area (Å²) in [7, 11) is 0. The molecular formula is C25H36N4O2. The molecule has 1 saturated heterocycles. The largest absolute Gasteiger partial charge is 0.494 e. The highest BCUT2D eigenvalue weighted by Crippen LogP contribution is 2.21.